The summed E-state index contributed by atoms with van der Waals surface area (Å²) in [4.78, 5) is 28.4. The van der Waals surface area contributed by atoms with E-state index >= 15 is 4.39 Å². The van der Waals surface area contributed by atoms with E-state index in [1.54, 1.807) is 45.9 Å². The van der Waals surface area contributed by atoms with E-state index in [9.17, 15) is 22.4 Å². The Hall–Kier alpha value is -5.24. The van der Waals surface area contributed by atoms with Crippen LogP contribution in [0, 0.1) is 25.5 Å². The maximum Gasteiger partial charge on any atom is 0.241 e. The Bertz CT molecular complexity index is 2050. The first-order chi connectivity index (χ1) is 21.2. The monoisotopic (exact) mass is 636 g/mol. The summed E-state index contributed by atoms with van der Waals surface area (Å²) in [6.45, 7) is 6.73. The topological polar surface area (TPSA) is 161 Å². The van der Waals surface area contributed by atoms with Crippen molar-refractivity contribution in [2.45, 2.75) is 33.7 Å². The number of hydrogen-bond acceptors (Lipinski definition) is 7. The van der Waals surface area contributed by atoms with Gasteiger partial charge in [-0.3, -0.25) is 14.3 Å². The molecule has 1 amide bonds. The third-order valence-electron chi connectivity index (χ3n) is 6.80. The molecular weight excluding hydrogens is 606 g/mol. The minimum Gasteiger partial charge on any atom is -0.454 e. The number of benzene rings is 3. The van der Waals surface area contributed by atoms with Gasteiger partial charge in [-0.1, -0.05) is 12.1 Å². The van der Waals surface area contributed by atoms with Gasteiger partial charge in [-0.05, 0) is 75.2 Å². The number of fused-ring (bicyclic) bond motifs is 1. The van der Waals surface area contributed by atoms with Gasteiger partial charge in [0.1, 0.15) is 23.0 Å². The fraction of sp³-hybridized carbons (Fsp3) is 0.194. The van der Waals surface area contributed by atoms with Gasteiger partial charge in [-0.25, -0.2) is 21.9 Å². The van der Waals surface area contributed by atoms with Gasteiger partial charge < -0.3 is 20.8 Å². The molecule has 45 heavy (non-hydrogen) atoms. The normalized spacial score (nSPS) is 11.6. The zero-order chi connectivity index (χ0) is 32.6. The van der Waals surface area contributed by atoms with Crippen LogP contribution >= 0.6 is 0 Å². The van der Waals surface area contributed by atoms with Crippen molar-refractivity contribution in [3.05, 3.63) is 94.8 Å². The molecule has 0 aliphatic heterocycles. The summed E-state index contributed by atoms with van der Waals surface area (Å²) in [7, 11) is -4.01. The lowest BCUT2D eigenvalue weighted by atomic mass is 10.1. The quantitative estimate of drug-likeness (QED) is 0.155. The summed E-state index contributed by atoms with van der Waals surface area (Å²) in [5, 5.41) is 7.31. The molecule has 5 aromatic rings. The molecule has 2 aromatic heterocycles. The van der Waals surface area contributed by atoms with E-state index in [0.717, 1.165) is 10.7 Å². The number of ketones is 1. The first kappa shape index (κ1) is 31.2. The molecule has 0 bridgehead atoms. The zero-order valence-corrected chi connectivity index (χ0v) is 25.6. The summed E-state index contributed by atoms with van der Waals surface area (Å²) < 4.78 is 63.5. The summed E-state index contributed by atoms with van der Waals surface area (Å²) >= 11 is 0. The molecule has 0 unspecified atom stereocenters. The number of H-pyrrole nitrogens is 1. The summed E-state index contributed by atoms with van der Waals surface area (Å²) in [6, 6.07) is 12.9. The van der Waals surface area contributed by atoms with Crippen LogP contribution in [0.1, 0.15) is 41.0 Å². The highest BCUT2D eigenvalue weighted by atomic mass is 32.2. The van der Waals surface area contributed by atoms with Crippen molar-refractivity contribution < 1.29 is 31.5 Å². The Morgan fingerprint density at radius 1 is 1.04 bits per heavy atom. The number of anilines is 2. The highest BCUT2D eigenvalue weighted by molar-refractivity contribution is 7.93. The van der Waals surface area contributed by atoms with Gasteiger partial charge in [0.25, 0.3) is 0 Å². The van der Waals surface area contributed by atoms with E-state index in [-0.39, 0.29) is 46.0 Å². The van der Waals surface area contributed by atoms with Crippen molar-refractivity contribution in [1.29, 1.82) is 0 Å². The number of aromatic nitrogens is 3. The summed E-state index contributed by atoms with van der Waals surface area (Å²) in [5.74, 6) is -3.39. The maximum absolute atomic E-state index is 15.3. The third-order valence-corrected chi connectivity index (χ3v) is 7.97. The smallest absolute Gasteiger partial charge is 0.241 e. The van der Waals surface area contributed by atoms with Gasteiger partial charge in [-0.2, -0.15) is 5.10 Å². The predicted octanol–water partition coefficient (Wildman–Crippen LogP) is 5.12. The molecule has 0 spiro atoms. The average molecular weight is 637 g/mol. The van der Waals surface area contributed by atoms with Crippen LogP contribution in [0.5, 0.6) is 11.5 Å². The van der Waals surface area contributed by atoms with Crippen molar-refractivity contribution in [3.8, 4) is 17.2 Å². The third kappa shape index (κ3) is 6.65. The van der Waals surface area contributed by atoms with E-state index in [0.29, 0.717) is 22.0 Å². The molecule has 5 rings (SSSR count). The molecule has 234 valence electrons. The molecule has 0 atom stereocenters. The maximum atomic E-state index is 15.3. The van der Waals surface area contributed by atoms with Crippen LogP contribution in [0.25, 0.3) is 16.6 Å². The number of nitrogens with two attached hydrogens (primary N) is 1. The molecule has 3 aromatic carbocycles. The van der Waals surface area contributed by atoms with Crippen molar-refractivity contribution >= 4 is 44.1 Å². The first-order valence-corrected chi connectivity index (χ1v) is 15.4. The number of aromatic amines is 1. The van der Waals surface area contributed by atoms with Crippen LogP contribution in [0.15, 0.2) is 60.8 Å². The fourth-order valence-corrected chi connectivity index (χ4v) is 5.87. The molecule has 2 heterocycles. The molecule has 0 radical (unpaired) electrons. The number of ether oxygens (including phenoxy) is 1. The number of rotatable bonds is 10. The molecule has 5 N–H and O–H groups in total. The van der Waals surface area contributed by atoms with Crippen molar-refractivity contribution in [2.24, 2.45) is 0 Å². The van der Waals surface area contributed by atoms with Gasteiger partial charge in [0, 0.05) is 23.0 Å². The van der Waals surface area contributed by atoms with E-state index in [2.05, 4.69) is 20.1 Å². The van der Waals surface area contributed by atoms with Crippen LogP contribution < -0.4 is 20.5 Å². The lowest BCUT2D eigenvalue weighted by Gasteiger charge is -2.13. The van der Waals surface area contributed by atoms with E-state index in [1.807, 2.05) is 0 Å². The second kappa shape index (κ2) is 12.0. The number of carbonyl (C=O) groups excluding carboxylic acids is 2. The van der Waals surface area contributed by atoms with Crippen LogP contribution in [0.2, 0.25) is 0 Å². The van der Waals surface area contributed by atoms with Gasteiger partial charge >= 0.3 is 0 Å². The second-order valence-corrected chi connectivity index (χ2v) is 12.5. The zero-order valence-electron chi connectivity index (χ0n) is 24.7. The lowest BCUT2D eigenvalue weighted by Crippen LogP contribution is -2.36. The highest BCUT2D eigenvalue weighted by Crippen LogP contribution is 2.32. The average Bonchev–Trinajstić information content (AvgIpc) is 3.51. The Morgan fingerprint density at radius 3 is 2.47 bits per heavy atom. The van der Waals surface area contributed by atoms with Gasteiger partial charge in [0.2, 0.25) is 21.7 Å². The standard InChI is InChI=1S/C31H30F2N6O5S/c1-16(2)36-28(40)15-45(42,43)38-24-13-25-19(9-17(24)3)11-26(37-25)30(41)21-14-35-39(31(21)34)29-18(4)10-20(12-23(29)33)44-27-8-6-5-7-22(27)32/h5-14,16,37-38H,15,34H2,1-4H3,(H,36,40). The molecule has 0 fully saturated rings. The Labute approximate surface area is 257 Å². The number of aryl methyl sites for hydroxylation is 2. The molecule has 14 heteroatoms. The lowest BCUT2D eigenvalue weighted by molar-refractivity contribution is -0.119. The molecule has 0 saturated heterocycles. The van der Waals surface area contributed by atoms with Crippen molar-refractivity contribution in [3.63, 3.8) is 0 Å². The van der Waals surface area contributed by atoms with E-state index in [4.69, 9.17) is 10.5 Å². The number of halogens is 2. The highest BCUT2D eigenvalue weighted by Gasteiger charge is 2.24. The van der Waals surface area contributed by atoms with Crippen LogP contribution in [0.4, 0.5) is 20.3 Å². The van der Waals surface area contributed by atoms with E-state index in [1.165, 1.54) is 36.5 Å². The van der Waals surface area contributed by atoms with Gasteiger partial charge in [-0.15, -0.1) is 0 Å². The molecule has 0 saturated carbocycles. The number of para-hydroxylation sites is 1. The number of nitrogen functional groups attached to an aromatic ring is 1. The second-order valence-electron chi connectivity index (χ2n) is 10.8. The van der Waals surface area contributed by atoms with Crippen LogP contribution in [-0.4, -0.2) is 46.7 Å². The van der Waals surface area contributed by atoms with Gasteiger partial charge in [0.15, 0.2) is 17.4 Å². The van der Waals surface area contributed by atoms with E-state index < -0.39 is 39.1 Å². The Morgan fingerprint density at radius 2 is 1.78 bits per heavy atom. The van der Waals surface area contributed by atoms with Gasteiger partial charge in [0.05, 0.1) is 23.1 Å². The number of sulfonamides is 1. The molecule has 0 aliphatic rings. The molecular formula is C31H30F2N6O5S. The number of hydrogen-bond donors (Lipinski definition) is 4. The predicted molar refractivity (Wildman–Crippen MR) is 166 cm³/mol. The van der Waals surface area contributed by atoms with Crippen molar-refractivity contribution in [2.75, 3.05) is 16.2 Å². The first-order valence-electron chi connectivity index (χ1n) is 13.8. The number of nitrogens with zero attached hydrogens (tertiary/aromatic N) is 2. The molecule has 0 aliphatic carbocycles. The fourth-order valence-electron chi connectivity index (χ4n) is 4.81. The largest absolute Gasteiger partial charge is 0.454 e. The van der Waals surface area contributed by atoms with Crippen LogP contribution in [0.3, 0.4) is 0 Å². The number of carbonyl (C=O) groups is 2. The minimum atomic E-state index is -4.01. The minimum absolute atomic E-state index is 0.000789. The number of amides is 1. The van der Waals surface area contributed by atoms with Crippen molar-refractivity contribution in [1.82, 2.24) is 20.1 Å². The Balaban J connectivity index is 1.39. The molecule has 11 nitrogen and oxygen atoms in total. The SMILES string of the molecule is Cc1cc2cc(C(=O)c3cnn(-c4c(C)cc(Oc5ccccc5F)cc4F)c3N)[nH]c2cc1NS(=O)(=O)CC(=O)NC(C)C. The summed E-state index contributed by atoms with van der Waals surface area (Å²) in [6.07, 6.45) is 1.22. The Kier molecular flexibility index (Phi) is 8.34. The number of nitrogens with one attached hydrogen (secondary N) is 3. The summed E-state index contributed by atoms with van der Waals surface area (Å²) in [5.41, 5.74) is 8.03. The van der Waals surface area contributed by atoms with Crippen LogP contribution in [-0.2, 0) is 14.8 Å².